The van der Waals surface area contributed by atoms with Gasteiger partial charge in [0.15, 0.2) is 11.5 Å². The molecule has 0 radical (unpaired) electrons. The SMILES string of the molecule is COc1ccc(CN(C)c2cc(C)nn3cnnc23)cc1O. The molecule has 0 atom stereocenters. The van der Waals surface area contributed by atoms with E-state index >= 15 is 0 Å². The van der Waals surface area contributed by atoms with Crippen molar-refractivity contribution in [3.05, 3.63) is 41.9 Å². The standard InChI is InChI=1S/C15H17N5O2/c1-10-6-12(15-17-16-9-20(15)18-10)19(2)8-11-4-5-14(22-3)13(21)7-11/h4-7,9,21H,8H2,1-3H3. The monoisotopic (exact) mass is 299 g/mol. The molecule has 114 valence electrons. The number of phenols is 1. The Labute approximate surface area is 127 Å². The fourth-order valence-corrected chi connectivity index (χ4v) is 2.41. The van der Waals surface area contributed by atoms with E-state index in [9.17, 15) is 5.11 Å². The summed E-state index contributed by atoms with van der Waals surface area (Å²) < 4.78 is 6.72. The average Bonchev–Trinajstić information content (AvgIpc) is 2.94. The van der Waals surface area contributed by atoms with Crippen LogP contribution >= 0.6 is 0 Å². The number of benzene rings is 1. The Kier molecular flexibility index (Phi) is 3.54. The van der Waals surface area contributed by atoms with Crippen LogP contribution in [-0.4, -0.2) is 39.1 Å². The molecule has 0 aliphatic rings. The van der Waals surface area contributed by atoms with Crippen molar-refractivity contribution < 1.29 is 9.84 Å². The quantitative estimate of drug-likeness (QED) is 0.791. The number of phenolic OH excluding ortho intramolecular Hbond substituents is 1. The summed E-state index contributed by atoms with van der Waals surface area (Å²) in [5.41, 5.74) is 3.48. The van der Waals surface area contributed by atoms with Crippen molar-refractivity contribution in [2.75, 3.05) is 19.1 Å². The summed E-state index contributed by atoms with van der Waals surface area (Å²) in [6.07, 6.45) is 1.58. The lowest BCUT2D eigenvalue weighted by molar-refractivity contribution is 0.373. The van der Waals surface area contributed by atoms with Gasteiger partial charge < -0.3 is 14.7 Å². The molecule has 0 bridgehead atoms. The van der Waals surface area contributed by atoms with Crippen molar-refractivity contribution in [2.45, 2.75) is 13.5 Å². The highest BCUT2D eigenvalue weighted by Gasteiger charge is 2.12. The van der Waals surface area contributed by atoms with E-state index in [1.807, 2.05) is 31.0 Å². The Morgan fingerprint density at radius 2 is 2.14 bits per heavy atom. The molecule has 0 aliphatic carbocycles. The highest BCUT2D eigenvalue weighted by Crippen LogP contribution is 2.28. The van der Waals surface area contributed by atoms with Crippen LogP contribution < -0.4 is 9.64 Å². The van der Waals surface area contributed by atoms with E-state index in [-0.39, 0.29) is 5.75 Å². The zero-order chi connectivity index (χ0) is 15.7. The van der Waals surface area contributed by atoms with Crippen molar-refractivity contribution in [1.29, 1.82) is 0 Å². The van der Waals surface area contributed by atoms with E-state index < -0.39 is 0 Å². The van der Waals surface area contributed by atoms with Gasteiger partial charge in [0.1, 0.15) is 6.33 Å². The molecule has 0 unspecified atom stereocenters. The van der Waals surface area contributed by atoms with Crippen LogP contribution in [0.25, 0.3) is 5.65 Å². The number of hydrogen-bond donors (Lipinski definition) is 1. The summed E-state index contributed by atoms with van der Waals surface area (Å²) >= 11 is 0. The van der Waals surface area contributed by atoms with Gasteiger partial charge in [-0.3, -0.25) is 0 Å². The normalized spacial score (nSPS) is 10.9. The number of fused-ring (bicyclic) bond motifs is 1. The van der Waals surface area contributed by atoms with E-state index in [1.54, 1.807) is 23.0 Å². The molecule has 7 heteroatoms. The van der Waals surface area contributed by atoms with Crippen LogP contribution in [0.1, 0.15) is 11.3 Å². The minimum atomic E-state index is 0.131. The minimum absolute atomic E-state index is 0.131. The Hall–Kier alpha value is -2.83. The lowest BCUT2D eigenvalue weighted by Crippen LogP contribution is -2.18. The molecule has 1 N–H and O–H groups in total. The number of rotatable bonds is 4. The molecule has 0 aliphatic heterocycles. The number of aromatic hydroxyl groups is 1. The largest absolute Gasteiger partial charge is 0.504 e. The summed E-state index contributed by atoms with van der Waals surface area (Å²) in [4.78, 5) is 2.04. The molecule has 0 amide bonds. The summed E-state index contributed by atoms with van der Waals surface area (Å²) in [7, 11) is 3.49. The van der Waals surface area contributed by atoms with E-state index in [0.29, 0.717) is 17.9 Å². The Morgan fingerprint density at radius 1 is 1.32 bits per heavy atom. The zero-order valence-corrected chi connectivity index (χ0v) is 12.7. The van der Waals surface area contributed by atoms with Gasteiger partial charge in [-0.1, -0.05) is 6.07 Å². The van der Waals surface area contributed by atoms with Crippen LogP contribution in [0.4, 0.5) is 5.69 Å². The minimum Gasteiger partial charge on any atom is -0.504 e. The van der Waals surface area contributed by atoms with Gasteiger partial charge in [-0.25, -0.2) is 0 Å². The number of aryl methyl sites for hydroxylation is 1. The third kappa shape index (κ3) is 2.52. The smallest absolute Gasteiger partial charge is 0.200 e. The van der Waals surface area contributed by atoms with Crippen molar-refractivity contribution in [3.8, 4) is 11.5 Å². The third-order valence-corrected chi connectivity index (χ3v) is 3.44. The predicted octanol–water partition coefficient (Wildman–Crippen LogP) is 1.78. The number of aromatic nitrogens is 4. The van der Waals surface area contributed by atoms with Gasteiger partial charge in [-0.15, -0.1) is 10.2 Å². The molecule has 0 fully saturated rings. The summed E-state index contributed by atoms with van der Waals surface area (Å²) in [5, 5.41) is 22.2. The maximum absolute atomic E-state index is 9.88. The van der Waals surface area contributed by atoms with Gasteiger partial charge in [0.2, 0.25) is 5.65 Å². The lowest BCUT2D eigenvalue weighted by atomic mass is 10.2. The number of methoxy groups -OCH3 is 1. The van der Waals surface area contributed by atoms with Gasteiger partial charge >= 0.3 is 0 Å². The summed E-state index contributed by atoms with van der Waals surface area (Å²) in [5.74, 6) is 0.595. The second-order valence-corrected chi connectivity index (χ2v) is 5.13. The zero-order valence-electron chi connectivity index (χ0n) is 12.7. The van der Waals surface area contributed by atoms with Crippen LogP contribution in [0.5, 0.6) is 11.5 Å². The fourth-order valence-electron chi connectivity index (χ4n) is 2.41. The molecule has 3 rings (SSSR count). The molecule has 0 saturated carbocycles. The lowest BCUT2D eigenvalue weighted by Gasteiger charge is -2.20. The molecule has 7 nitrogen and oxygen atoms in total. The van der Waals surface area contributed by atoms with Crippen LogP contribution in [0.3, 0.4) is 0 Å². The first-order chi connectivity index (χ1) is 10.6. The average molecular weight is 299 g/mol. The van der Waals surface area contributed by atoms with Crippen LogP contribution in [-0.2, 0) is 6.54 Å². The molecule has 2 heterocycles. The number of anilines is 1. The van der Waals surface area contributed by atoms with Crippen molar-refractivity contribution in [1.82, 2.24) is 19.8 Å². The van der Waals surface area contributed by atoms with Crippen molar-refractivity contribution in [2.24, 2.45) is 0 Å². The molecule has 0 spiro atoms. The summed E-state index contributed by atoms with van der Waals surface area (Å²) in [6.45, 7) is 2.54. The van der Waals surface area contributed by atoms with E-state index in [1.165, 1.54) is 7.11 Å². The van der Waals surface area contributed by atoms with Gasteiger partial charge in [0.25, 0.3) is 0 Å². The molecular formula is C15H17N5O2. The Balaban J connectivity index is 1.91. The third-order valence-electron chi connectivity index (χ3n) is 3.44. The first-order valence-electron chi connectivity index (χ1n) is 6.83. The topological polar surface area (TPSA) is 75.8 Å². The second kappa shape index (κ2) is 5.51. The number of ether oxygens (including phenoxy) is 1. The molecule has 3 aromatic rings. The highest BCUT2D eigenvalue weighted by atomic mass is 16.5. The Bertz CT molecular complexity index is 815. The predicted molar refractivity (Wildman–Crippen MR) is 82.3 cm³/mol. The van der Waals surface area contributed by atoms with E-state index in [2.05, 4.69) is 15.3 Å². The number of hydrogen-bond acceptors (Lipinski definition) is 6. The van der Waals surface area contributed by atoms with Gasteiger partial charge in [-0.05, 0) is 30.7 Å². The van der Waals surface area contributed by atoms with Crippen LogP contribution in [0.15, 0.2) is 30.6 Å². The molecule has 22 heavy (non-hydrogen) atoms. The maximum Gasteiger partial charge on any atom is 0.200 e. The molecule has 2 aromatic heterocycles. The summed E-state index contributed by atoms with van der Waals surface area (Å²) in [6, 6.07) is 7.34. The first-order valence-corrected chi connectivity index (χ1v) is 6.83. The highest BCUT2D eigenvalue weighted by molar-refractivity contribution is 5.68. The van der Waals surface area contributed by atoms with Crippen LogP contribution in [0.2, 0.25) is 0 Å². The van der Waals surface area contributed by atoms with Gasteiger partial charge in [0.05, 0.1) is 18.5 Å². The van der Waals surface area contributed by atoms with Gasteiger partial charge in [0, 0.05) is 13.6 Å². The first kappa shape index (κ1) is 14.1. The van der Waals surface area contributed by atoms with Crippen molar-refractivity contribution >= 4 is 11.3 Å². The fraction of sp³-hybridized carbons (Fsp3) is 0.267. The Morgan fingerprint density at radius 3 is 2.86 bits per heavy atom. The van der Waals surface area contributed by atoms with E-state index in [0.717, 1.165) is 16.9 Å². The molecular weight excluding hydrogens is 282 g/mol. The van der Waals surface area contributed by atoms with Gasteiger partial charge in [-0.2, -0.15) is 9.61 Å². The van der Waals surface area contributed by atoms with E-state index in [4.69, 9.17) is 4.74 Å². The maximum atomic E-state index is 9.88. The molecule has 1 aromatic carbocycles. The number of nitrogens with zero attached hydrogens (tertiary/aromatic N) is 5. The second-order valence-electron chi connectivity index (χ2n) is 5.13. The molecule has 0 saturated heterocycles. The van der Waals surface area contributed by atoms with Crippen LogP contribution in [0, 0.1) is 6.92 Å². The van der Waals surface area contributed by atoms with Crippen molar-refractivity contribution in [3.63, 3.8) is 0 Å².